The van der Waals surface area contributed by atoms with Crippen LogP contribution in [0.1, 0.15) is 29.3 Å². The molecule has 0 spiro atoms. The maximum Gasteiger partial charge on any atom is 0.0660 e. The highest BCUT2D eigenvalue weighted by molar-refractivity contribution is 14.1. The lowest BCUT2D eigenvalue weighted by Crippen LogP contribution is -2.16. The van der Waals surface area contributed by atoms with Gasteiger partial charge in [-0.2, -0.15) is 0 Å². The molecule has 0 amide bonds. The number of rotatable bonds is 3. The zero-order chi connectivity index (χ0) is 14.1. The zero-order valence-electron chi connectivity index (χ0n) is 11.8. The maximum atomic E-state index is 3.72. The number of halogens is 1. The standard InChI is InChI=1S/C16H19IN2S/c1-19(2)12-6-3-5-11(9-12)18-14-7-4-8-15-13(14)10-16(17)20-15/h3,5-6,9-10,14,18H,4,7-8H2,1-2H3. The lowest BCUT2D eigenvalue weighted by atomic mass is 9.94. The van der Waals surface area contributed by atoms with E-state index in [-0.39, 0.29) is 0 Å². The van der Waals surface area contributed by atoms with Crippen LogP contribution < -0.4 is 10.2 Å². The molecule has 0 saturated heterocycles. The van der Waals surface area contributed by atoms with Crippen LogP contribution in [0.4, 0.5) is 11.4 Å². The van der Waals surface area contributed by atoms with E-state index in [1.54, 1.807) is 4.88 Å². The number of thiophene rings is 1. The summed E-state index contributed by atoms with van der Waals surface area (Å²) < 4.78 is 1.41. The van der Waals surface area contributed by atoms with Crippen molar-refractivity contribution in [3.8, 4) is 0 Å². The average Bonchev–Trinajstić information content (AvgIpc) is 2.80. The zero-order valence-corrected chi connectivity index (χ0v) is 14.8. The van der Waals surface area contributed by atoms with Gasteiger partial charge in [0.05, 0.1) is 8.93 Å². The van der Waals surface area contributed by atoms with Crippen LogP contribution in [0.5, 0.6) is 0 Å². The molecule has 4 heteroatoms. The second-order valence-corrected chi connectivity index (χ2v) is 8.49. The minimum Gasteiger partial charge on any atom is -0.378 e. The van der Waals surface area contributed by atoms with Crippen LogP contribution in [0.15, 0.2) is 30.3 Å². The third-order valence-corrected chi connectivity index (χ3v) is 5.76. The average molecular weight is 398 g/mol. The molecule has 1 N–H and O–H groups in total. The maximum absolute atomic E-state index is 3.72. The Labute approximate surface area is 138 Å². The van der Waals surface area contributed by atoms with Gasteiger partial charge in [-0.1, -0.05) is 6.07 Å². The number of aryl methyl sites for hydroxylation is 1. The van der Waals surface area contributed by atoms with Gasteiger partial charge in [-0.15, -0.1) is 11.3 Å². The van der Waals surface area contributed by atoms with Crippen LogP contribution in [0.2, 0.25) is 0 Å². The SMILES string of the molecule is CN(C)c1cccc(NC2CCCc3sc(I)cc32)c1. The first-order valence-electron chi connectivity index (χ1n) is 6.95. The molecule has 1 heterocycles. The van der Waals surface area contributed by atoms with Gasteiger partial charge in [-0.3, -0.25) is 0 Å². The van der Waals surface area contributed by atoms with Crippen molar-refractivity contribution in [3.05, 3.63) is 43.7 Å². The molecule has 0 aliphatic heterocycles. The van der Waals surface area contributed by atoms with Crippen LogP contribution in [-0.2, 0) is 6.42 Å². The summed E-state index contributed by atoms with van der Waals surface area (Å²) in [4.78, 5) is 3.72. The Morgan fingerprint density at radius 3 is 2.95 bits per heavy atom. The van der Waals surface area contributed by atoms with Crippen LogP contribution in [0, 0.1) is 2.88 Å². The summed E-state index contributed by atoms with van der Waals surface area (Å²) in [6, 6.07) is 11.5. The van der Waals surface area contributed by atoms with Crippen LogP contribution in [-0.4, -0.2) is 14.1 Å². The summed E-state index contributed by atoms with van der Waals surface area (Å²) in [5, 5.41) is 3.72. The molecule has 20 heavy (non-hydrogen) atoms. The molecule has 0 radical (unpaired) electrons. The molecule has 3 rings (SSSR count). The highest BCUT2D eigenvalue weighted by Crippen LogP contribution is 2.38. The molecule has 106 valence electrons. The number of hydrogen-bond acceptors (Lipinski definition) is 3. The highest BCUT2D eigenvalue weighted by Gasteiger charge is 2.22. The van der Waals surface area contributed by atoms with Crippen molar-refractivity contribution < 1.29 is 0 Å². The van der Waals surface area contributed by atoms with Crippen molar-refractivity contribution in [1.82, 2.24) is 0 Å². The van der Waals surface area contributed by atoms with E-state index < -0.39 is 0 Å². The van der Waals surface area contributed by atoms with Gasteiger partial charge in [0.1, 0.15) is 0 Å². The Kier molecular flexibility index (Phi) is 4.21. The van der Waals surface area contributed by atoms with E-state index in [9.17, 15) is 0 Å². The lowest BCUT2D eigenvalue weighted by molar-refractivity contribution is 0.609. The summed E-state index contributed by atoms with van der Waals surface area (Å²) in [5.74, 6) is 0. The number of nitrogens with one attached hydrogen (secondary N) is 1. The van der Waals surface area contributed by atoms with Gasteiger partial charge in [-0.25, -0.2) is 0 Å². The normalized spacial score (nSPS) is 17.6. The number of fused-ring (bicyclic) bond motifs is 1. The second-order valence-electron chi connectivity index (χ2n) is 5.46. The van der Waals surface area contributed by atoms with E-state index in [4.69, 9.17) is 0 Å². The summed E-state index contributed by atoms with van der Waals surface area (Å²) in [5.41, 5.74) is 3.97. The highest BCUT2D eigenvalue weighted by atomic mass is 127. The molecule has 1 aliphatic carbocycles. The third-order valence-electron chi connectivity index (χ3n) is 3.79. The molecule has 2 nitrogen and oxygen atoms in total. The molecule has 0 bridgehead atoms. The molecule has 2 aromatic rings. The smallest absolute Gasteiger partial charge is 0.0660 e. The molecule has 1 unspecified atom stereocenters. The summed E-state index contributed by atoms with van der Waals surface area (Å²) in [6.45, 7) is 0. The van der Waals surface area contributed by atoms with E-state index in [1.165, 1.54) is 39.1 Å². The minimum absolute atomic E-state index is 0.468. The molecule has 0 fully saturated rings. The van der Waals surface area contributed by atoms with Gasteiger partial charge in [0.15, 0.2) is 0 Å². The van der Waals surface area contributed by atoms with E-state index in [2.05, 4.69) is 77.2 Å². The van der Waals surface area contributed by atoms with E-state index in [0.29, 0.717) is 6.04 Å². The van der Waals surface area contributed by atoms with Crippen LogP contribution in [0.3, 0.4) is 0 Å². The van der Waals surface area contributed by atoms with Gasteiger partial charge < -0.3 is 10.2 Å². The van der Waals surface area contributed by atoms with E-state index >= 15 is 0 Å². The Balaban J connectivity index is 1.83. The Morgan fingerprint density at radius 1 is 1.30 bits per heavy atom. The number of anilines is 2. The van der Waals surface area contributed by atoms with Crippen molar-refractivity contribution in [2.45, 2.75) is 25.3 Å². The quantitative estimate of drug-likeness (QED) is 0.740. The van der Waals surface area contributed by atoms with E-state index in [0.717, 1.165) is 0 Å². The predicted molar refractivity (Wildman–Crippen MR) is 97.1 cm³/mol. The first-order valence-corrected chi connectivity index (χ1v) is 8.85. The third kappa shape index (κ3) is 2.96. The van der Waals surface area contributed by atoms with Gasteiger partial charge >= 0.3 is 0 Å². The lowest BCUT2D eigenvalue weighted by Gasteiger charge is -2.25. The summed E-state index contributed by atoms with van der Waals surface area (Å²) >= 11 is 4.39. The first kappa shape index (κ1) is 14.2. The Morgan fingerprint density at radius 2 is 2.15 bits per heavy atom. The molecule has 1 aromatic carbocycles. The van der Waals surface area contributed by atoms with Crippen LogP contribution >= 0.6 is 33.9 Å². The van der Waals surface area contributed by atoms with Crippen molar-refractivity contribution in [1.29, 1.82) is 0 Å². The monoisotopic (exact) mass is 398 g/mol. The van der Waals surface area contributed by atoms with Crippen molar-refractivity contribution in [2.24, 2.45) is 0 Å². The van der Waals surface area contributed by atoms with Crippen molar-refractivity contribution >= 4 is 45.3 Å². The van der Waals surface area contributed by atoms with E-state index in [1.807, 2.05) is 11.3 Å². The Bertz CT molecular complexity index is 606. The first-order chi connectivity index (χ1) is 9.63. The van der Waals surface area contributed by atoms with Gasteiger partial charge in [0.25, 0.3) is 0 Å². The molecule has 1 aliphatic rings. The Hall–Kier alpha value is -0.750. The van der Waals surface area contributed by atoms with Gasteiger partial charge in [0.2, 0.25) is 0 Å². The van der Waals surface area contributed by atoms with Gasteiger partial charge in [-0.05, 0) is 71.7 Å². The summed E-state index contributed by atoms with van der Waals surface area (Å²) in [7, 11) is 4.16. The molecular formula is C16H19IN2S. The number of nitrogens with zero attached hydrogens (tertiary/aromatic N) is 1. The predicted octanol–water partition coefficient (Wildman–Crippen LogP) is 4.91. The fourth-order valence-corrected chi connectivity index (χ4v) is 4.87. The fraction of sp³-hybridized carbons (Fsp3) is 0.375. The van der Waals surface area contributed by atoms with Crippen LogP contribution in [0.25, 0.3) is 0 Å². The van der Waals surface area contributed by atoms with Gasteiger partial charge in [0, 0.05) is 30.3 Å². The van der Waals surface area contributed by atoms with Crippen molar-refractivity contribution in [3.63, 3.8) is 0 Å². The number of benzene rings is 1. The van der Waals surface area contributed by atoms with Crippen molar-refractivity contribution in [2.75, 3.05) is 24.3 Å². The second kappa shape index (κ2) is 5.93. The topological polar surface area (TPSA) is 15.3 Å². The molecular weight excluding hydrogens is 379 g/mol. The molecule has 1 aromatic heterocycles. The minimum atomic E-state index is 0.468. The summed E-state index contributed by atoms with van der Waals surface area (Å²) in [6.07, 6.45) is 3.76. The fourth-order valence-electron chi connectivity index (χ4n) is 2.75. The number of hydrogen-bond donors (Lipinski definition) is 1. The molecule has 1 atom stereocenters. The molecule has 0 saturated carbocycles. The largest absolute Gasteiger partial charge is 0.378 e.